The van der Waals surface area contributed by atoms with Crippen LogP contribution < -0.4 is 9.62 Å². The van der Waals surface area contributed by atoms with E-state index in [0.29, 0.717) is 0 Å². The zero-order valence-corrected chi connectivity index (χ0v) is 17.2. The molecule has 0 radical (unpaired) electrons. The number of amides is 1. The molecule has 0 saturated heterocycles. The molecule has 0 spiro atoms. The minimum absolute atomic E-state index is 0.0193. The van der Waals surface area contributed by atoms with Crippen molar-refractivity contribution in [3.8, 4) is 0 Å². The van der Waals surface area contributed by atoms with Crippen LogP contribution in [0.3, 0.4) is 0 Å². The van der Waals surface area contributed by atoms with E-state index in [1.165, 1.54) is 30.3 Å². The van der Waals surface area contributed by atoms with E-state index in [4.69, 9.17) is 0 Å². The summed E-state index contributed by atoms with van der Waals surface area (Å²) in [7, 11) is -1.57. The zero-order chi connectivity index (χ0) is 22.5. The van der Waals surface area contributed by atoms with Crippen LogP contribution in [0.1, 0.15) is 20.7 Å². The van der Waals surface area contributed by atoms with Gasteiger partial charge in [-0.1, -0.05) is 0 Å². The molecule has 0 aliphatic heterocycles. The summed E-state index contributed by atoms with van der Waals surface area (Å²) in [6, 6.07) is 8.32. The second-order valence-corrected chi connectivity index (χ2v) is 7.98. The highest BCUT2D eigenvalue weighted by atomic mass is 32.2. The Bertz CT molecular complexity index is 1030. The van der Waals surface area contributed by atoms with Gasteiger partial charge in [0.1, 0.15) is 12.4 Å². The van der Waals surface area contributed by atoms with Gasteiger partial charge < -0.3 is 14.8 Å². The van der Waals surface area contributed by atoms with E-state index < -0.39 is 40.2 Å². The second kappa shape index (κ2) is 9.35. The molecule has 0 unspecified atom stereocenters. The number of carbonyl (C=O) groups excluding carboxylic acids is 3. The molecule has 1 N–H and O–H groups in total. The van der Waals surface area contributed by atoms with Crippen molar-refractivity contribution in [3.63, 3.8) is 0 Å². The molecule has 0 heterocycles. The third-order valence-electron chi connectivity index (χ3n) is 3.86. The molecule has 0 aromatic heterocycles. The Morgan fingerprint density at radius 2 is 1.47 bits per heavy atom. The van der Waals surface area contributed by atoms with Crippen molar-refractivity contribution in [2.45, 2.75) is 0 Å². The molecule has 9 nitrogen and oxygen atoms in total. The largest absolute Gasteiger partial charge is 0.465 e. The quantitative estimate of drug-likeness (QED) is 0.655. The summed E-state index contributed by atoms with van der Waals surface area (Å²) in [5.41, 5.74) is 0.104. The van der Waals surface area contributed by atoms with Gasteiger partial charge in [-0.3, -0.25) is 9.10 Å². The van der Waals surface area contributed by atoms with Crippen molar-refractivity contribution in [2.75, 3.05) is 36.6 Å². The Kier molecular flexibility index (Phi) is 7.11. The van der Waals surface area contributed by atoms with Gasteiger partial charge in [-0.25, -0.2) is 22.4 Å². The number of nitrogens with zero attached hydrogens (tertiary/aromatic N) is 1. The van der Waals surface area contributed by atoms with Crippen molar-refractivity contribution in [2.24, 2.45) is 0 Å². The van der Waals surface area contributed by atoms with Crippen LogP contribution in [-0.2, 0) is 24.3 Å². The fourth-order valence-corrected chi connectivity index (χ4v) is 3.37. The number of methoxy groups -OCH3 is 2. The summed E-state index contributed by atoms with van der Waals surface area (Å²) in [5.74, 6) is -2.82. The summed E-state index contributed by atoms with van der Waals surface area (Å²) < 4.78 is 47.4. The van der Waals surface area contributed by atoms with Crippen molar-refractivity contribution in [3.05, 3.63) is 59.4 Å². The first-order valence-electron chi connectivity index (χ1n) is 8.40. The first kappa shape index (κ1) is 22.8. The predicted molar refractivity (Wildman–Crippen MR) is 106 cm³/mol. The van der Waals surface area contributed by atoms with E-state index in [-0.39, 0.29) is 22.5 Å². The van der Waals surface area contributed by atoms with Gasteiger partial charge in [0.15, 0.2) is 0 Å². The SMILES string of the molecule is COC(=O)c1cc(NC(=O)CN(c2ccc(F)cc2)S(C)(=O)=O)cc(C(=O)OC)c1. The van der Waals surface area contributed by atoms with E-state index >= 15 is 0 Å². The Balaban J connectivity index is 2.31. The van der Waals surface area contributed by atoms with Gasteiger partial charge >= 0.3 is 11.9 Å². The standard InChI is InChI=1S/C19H19FN2O7S/c1-28-18(24)12-8-13(19(25)29-2)10-15(9-12)21-17(23)11-22(30(3,26)27)16-6-4-14(20)5-7-16/h4-10H,11H2,1-3H3,(H,21,23). The van der Waals surface area contributed by atoms with Crippen LogP contribution in [0.15, 0.2) is 42.5 Å². The number of esters is 2. The number of halogens is 1. The van der Waals surface area contributed by atoms with E-state index in [1.807, 2.05) is 0 Å². The average molecular weight is 438 g/mol. The highest BCUT2D eigenvalue weighted by molar-refractivity contribution is 7.92. The lowest BCUT2D eigenvalue weighted by Crippen LogP contribution is -2.37. The molecule has 2 aromatic carbocycles. The molecule has 0 aliphatic carbocycles. The van der Waals surface area contributed by atoms with E-state index in [9.17, 15) is 27.2 Å². The van der Waals surface area contributed by atoms with Crippen LogP contribution in [0, 0.1) is 5.82 Å². The van der Waals surface area contributed by atoms with Crippen LogP contribution in [0.2, 0.25) is 0 Å². The molecule has 30 heavy (non-hydrogen) atoms. The second-order valence-electron chi connectivity index (χ2n) is 6.08. The van der Waals surface area contributed by atoms with Gasteiger partial charge in [0.25, 0.3) is 0 Å². The van der Waals surface area contributed by atoms with Crippen LogP contribution in [-0.4, -0.2) is 53.3 Å². The molecule has 2 aromatic rings. The number of rotatable bonds is 7. The molecule has 0 bridgehead atoms. The van der Waals surface area contributed by atoms with Gasteiger partial charge in [-0.2, -0.15) is 0 Å². The fourth-order valence-electron chi connectivity index (χ4n) is 2.51. The van der Waals surface area contributed by atoms with Crippen LogP contribution in [0.4, 0.5) is 15.8 Å². The summed E-state index contributed by atoms with van der Waals surface area (Å²) >= 11 is 0. The average Bonchev–Trinajstić information content (AvgIpc) is 2.70. The normalized spacial score (nSPS) is 10.8. The topological polar surface area (TPSA) is 119 Å². The van der Waals surface area contributed by atoms with Gasteiger partial charge in [-0.15, -0.1) is 0 Å². The Morgan fingerprint density at radius 3 is 1.90 bits per heavy atom. The monoisotopic (exact) mass is 438 g/mol. The minimum atomic E-state index is -3.87. The first-order valence-corrected chi connectivity index (χ1v) is 10.2. The Morgan fingerprint density at radius 1 is 0.967 bits per heavy atom. The maximum atomic E-state index is 13.1. The highest BCUT2D eigenvalue weighted by Crippen LogP contribution is 2.20. The molecular formula is C19H19FN2O7S. The molecule has 0 saturated carbocycles. The van der Waals surface area contributed by atoms with Crippen LogP contribution in [0.25, 0.3) is 0 Å². The zero-order valence-electron chi connectivity index (χ0n) is 16.3. The maximum Gasteiger partial charge on any atom is 0.337 e. The summed E-state index contributed by atoms with van der Waals surface area (Å²) in [5, 5.41) is 2.43. The van der Waals surface area contributed by atoms with Crippen molar-refractivity contribution in [1.82, 2.24) is 0 Å². The predicted octanol–water partition coefficient (Wildman–Crippen LogP) is 1.80. The number of ether oxygens (including phenoxy) is 2. The first-order chi connectivity index (χ1) is 14.0. The molecule has 160 valence electrons. The van der Waals surface area contributed by atoms with Crippen LogP contribution >= 0.6 is 0 Å². The summed E-state index contributed by atoms with van der Waals surface area (Å²) in [4.78, 5) is 36.1. The van der Waals surface area contributed by atoms with E-state index in [0.717, 1.165) is 36.9 Å². The summed E-state index contributed by atoms with van der Waals surface area (Å²) in [6.07, 6.45) is 0.900. The number of sulfonamides is 1. The molecule has 2 rings (SSSR count). The summed E-state index contributed by atoms with van der Waals surface area (Å²) in [6.45, 7) is -0.625. The fraction of sp³-hybridized carbons (Fsp3) is 0.211. The van der Waals surface area contributed by atoms with Gasteiger partial charge in [-0.05, 0) is 42.5 Å². The highest BCUT2D eigenvalue weighted by Gasteiger charge is 2.22. The third-order valence-corrected chi connectivity index (χ3v) is 5.00. The molecule has 11 heteroatoms. The van der Waals surface area contributed by atoms with Crippen LogP contribution in [0.5, 0.6) is 0 Å². The number of hydrogen-bond donors (Lipinski definition) is 1. The van der Waals surface area contributed by atoms with Gasteiger partial charge in [0.05, 0.1) is 37.3 Å². The van der Waals surface area contributed by atoms with E-state index in [1.54, 1.807) is 0 Å². The Hall–Kier alpha value is -3.47. The van der Waals surface area contributed by atoms with Crippen molar-refractivity contribution in [1.29, 1.82) is 0 Å². The van der Waals surface area contributed by atoms with Crippen molar-refractivity contribution < 1.29 is 36.7 Å². The number of anilines is 2. The van der Waals surface area contributed by atoms with E-state index in [2.05, 4.69) is 14.8 Å². The number of benzene rings is 2. The molecule has 0 fully saturated rings. The molecular weight excluding hydrogens is 419 g/mol. The molecule has 0 aliphatic rings. The molecule has 1 amide bonds. The lowest BCUT2D eigenvalue weighted by atomic mass is 10.1. The lowest BCUT2D eigenvalue weighted by molar-refractivity contribution is -0.114. The van der Waals surface area contributed by atoms with Gasteiger partial charge in [0, 0.05) is 5.69 Å². The number of hydrogen-bond acceptors (Lipinski definition) is 7. The minimum Gasteiger partial charge on any atom is -0.465 e. The third kappa shape index (κ3) is 5.77. The van der Waals surface area contributed by atoms with Crippen molar-refractivity contribution >= 4 is 39.2 Å². The number of nitrogens with one attached hydrogen (secondary N) is 1. The Labute approximate surface area is 172 Å². The smallest absolute Gasteiger partial charge is 0.337 e. The lowest BCUT2D eigenvalue weighted by Gasteiger charge is -2.22. The number of carbonyl (C=O) groups is 3. The van der Waals surface area contributed by atoms with Gasteiger partial charge in [0.2, 0.25) is 15.9 Å². The maximum absolute atomic E-state index is 13.1. The molecule has 0 atom stereocenters.